The summed E-state index contributed by atoms with van der Waals surface area (Å²) in [5.41, 5.74) is 6.25. The van der Waals surface area contributed by atoms with Crippen molar-refractivity contribution in [1.82, 2.24) is 4.90 Å². The fraction of sp³-hybridized carbons (Fsp3) is 1.00. The minimum absolute atomic E-state index is 0.392. The van der Waals surface area contributed by atoms with Gasteiger partial charge >= 0.3 is 0 Å². The van der Waals surface area contributed by atoms with Gasteiger partial charge in [-0.15, -0.1) is 0 Å². The number of likely N-dealkylation sites (tertiary alicyclic amines) is 1. The van der Waals surface area contributed by atoms with Crippen molar-refractivity contribution in [2.24, 2.45) is 11.7 Å². The third kappa shape index (κ3) is 5.03. The zero-order valence-corrected chi connectivity index (χ0v) is 12.4. The summed E-state index contributed by atoms with van der Waals surface area (Å²) in [6.07, 6.45) is 8.04. The van der Waals surface area contributed by atoms with Crippen LogP contribution in [0.4, 0.5) is 0 Å². The Bertz CT molecular complexity index is 250. The van der Waals surface area contributed by atoms with E-state index >= 15 is 0 Å². The first kappa shape index (κ1) is 15.2. The van der Waals surface area contributed by atoms with Gasteiger partial charge in [0.1, 0.15) is 0 Å². The molecule has 1 heterocycles. The fourth-order valence-electron chi connectivity index (χ4n) is 3.41. The van der Waals surface area contributed by atoms with Crippen molar-refractivity contribution in [3.8, 4) is 0 Å². The topological polar surface area (TPSA) is 47.7 Å². The van der Waals surface area contributed by atoms with Crippen molar-refractivity contribution in [2.45, 2.75) is 50.7 Å². The first-order valence-corrected chi connectivity index (χ1v) is 7.88. The molecule has 1 saturated carbocycles. The number of hydrogen-bond donors (Lipinski definition) is 1. The van der Waals surface area contributed by atoms with E-state index in [-0.39, 0.29) is 0 Å². The normalized spacial score (nSPS) is 33.5. The molecule has 0 aromatic rings. The van der Waals surface area contributed by atoms with Crippen molar-refractivity contribution < 1.29 is 9.47 Å². The van der Waals surface area contributed by atoms with Crippen molar-refractivity contribution in [2.75, 3.05) is 40.0 Å². The summed E-state index contributed by atoms with van der Waals surface area (Å²) in [5, 5.41) is 0. The van der Waals surface area contributed by atoms with Gasteiger partial charge in [-0.1, -0.05) is 12.8 Å². The van der Waals surface area contributed by atoms with Crippen LogP contribution in [0.15, 0.2) is 0 Å². The molecule has 1 aliphatic heterocycles. The maximum Gasteiger partial charge on any atom is 0.0704 e. The van der Waals surface area contributed by atoms with Crippen LogP contribution in [0.3, 0.4) is 0 Å². The van der Waals surface area contributed by atoms with Crippen LogP contribution in [0, 0.1) is 5.92 Å². The Hall–Kier alpha value is -0.160. The summed E-state index contributed by atoms with van der Waals surface area (Å²) < 4.78 is 10.9. The van der Waals surface area contributed by atoms with E-state index in [0.717, 1.165) is 13.2 Å². The second-order valence-corrected chi connectivity index (χ2v) is 6.10. The van der Waals surface area contributed by atoms with Gasteiger partial charge in [-0.05, 0) is 38.1 Å². The molecule has 2 N–H and O–H groups in total. The van der Waals surface area contributed by atoms with Gasteiger partial charge in [0.15, 0.2) is 0 Å². The molecule has 4 heteroatoms. The van der Waals surface area contributed by atoms with Crippen LogP contribution in [0.1, 0.15) is 38.5 Å². The highest BCUT2D eigenvalue weighted by molar-refractivity contribution is 4.83. The van der Waals surface area contributed by atoms with Crippen LogP contribution in [-0.4, -0.2) is 57.0 Å². The van der Waals surface area contributed by atoms with Crippen LogP contribution in [0.25, 0.3) is 0 Å². The maximum absolute atomic E-state index is 6.25. The summed E-state index contributed by atoms with van der Waals surface area (Å²) in [7, 11) is 1.72. The predicted octanol–water partition coefficient (Wildman–Crippen LogP) is 1.63. The van der Waals surface area contributed by atoms with Gasteiger partial charge in [-0.2, -0.15) is 0 Å². The number of hydrogen-bond acceptors (Lipinski definition) is 4. The Balaban J connectivity index is 1.70. The van der Waals surface area contributed by atoms with Gasteiger partial charge in [-0.3, -0.25) is 0 Å². The molecule has 0 amide bonds. The lowest BCUT2D eigenvalue weighted by Gasteiger charge is -2.37. The summed E-state index contributed by atoms with van der Waals surface area (Å²) in [6, 6.07) is 0.420. The highest BCUT2D eigenvalue weighted by atomic mass is 16.5. The van der Waals surface area contributed by atoms with Gasteiger partial charge in [0.2, 0.25) is 0 Å². The molecule has 0 bridgehead atoms. The van der Waals surface area contributed by atoms with Crippen molar-refractivity contribution >= 4 is 0 Å². The first-order chi connectivity index (χ1) is 9.29. The average Bonchev–Trinajstić information content (AvgIpc) is 2.42. The maximum atomic E-state index is 6.25. The summed E-state index contributed by atoms with van der Waals surface area (Å²) >= 11 is 0. The Morgan fingerprint density at radius 1 is 1.11 bits per heavy atom. The summed E-state index contributed by atoms with van der Waals surface area (Å²) in [5.74, 6) is 0.700. The largest absolute Gasteiger partial charge is 0.382 e. The van der Waals surface area contributed by atoms with E-state index in [1.807, 2.05) is 0 Å². The second-order valence-electron chi connectivity index (χ2n) is 6.10. The molecular weight excluding hydrogens is 240 g/mol. The monoisotopic (exact) mass is 270 g/mol. The van der Waals surface area contributed by atoms with Crippen molar-refractivity contribution in [1.29, 1.82) is 0 Å². The number of nitrogens with zero attached hydrogens (tertiary/aromatic N) is 1. The molecule has 19 heavy (non-hydrogen) atoms. The van der Waals surface area contributed by atoms with Crippen molar-refractivity contribution in [3.63, 3.8) is 0 Å². The SMILES string of the molecule is COCCO[C@@H]1CCCN(CC2CCCCC2N)C1. The second kappa shape index (κ2) is 8.20. The minimum Gasteiger partial charge on any atom is -0.382 e. The van der Waals surface area contributed by atoms with E-state index in [1.54, 1.807) is 7.11 Å². The zero-order chi connectivity index (χ0) is 13.5. The summed E-state index contributed by atoms with van der Waals surface area (Å²) in [6.45, 7) is 4.88. The molecule has 112 valence electrons. The minimum atomic E-state index is 0.392. The molecule has 2 aliphatic rings. The third-order valence-electron chi connectivity index (χ3n) is 4.56. The molecule has 0 spiro atoms. The fourth-order valence-corrected chi connectivity index (χ4v) is 3.41. The van der Waals surface area contributed by atoms with Gasteiger partial charge in [0.25, 0.3) is 0 Å². The smallest absolute Gasteiger partial charge is 0.0704 e. The molecule has 2 unspecified atom stereocenters. The lowest BCUT2D eigenvalue weighted by Crippen LogP contribution is -2.46. The molecule has 4 nitrogen and oxygen atoms in total. The van der Waals surface area contributed by atoms with E-state index in [1.165, 1.54) is 51.6 Å². The first-order valence-electron chi connectivity index (χ1n) is 7.88. The van der Waals surface area contributed by atoms with E-state index in [0.29, 0.717) is 24.7 Å². The Morgan fingerprint density at radius 3 is 2.74 bits per heavy atom. The predicted molar refractivity (Wildman–Crippen MR) is 77.2 cm³/mol. The van der Waals surface area contributed by atoms with Gasteiger partial charge in [-0.25, -0.2) is 0 Å². The van der Waals surface area contributed by atoms with E-state index in [4.69, 9.17) is 15.2 Å². The lowest BCUT2D eigenvalue weighted by atomic mass is 9.84. The quantitative estimate of drug-likeness (QED) is 0.745. The lowest BCUT2D eigenvalue weighted by molar-refractivity contribution is -0.0249. The van der Waals surface area contributed by atoms with Gasteiger partial charge in [0.05, 0.1) is 19.3 Å². The number of rotatable bonds is 6. The molecule has 2 fully saturated rings. The van der Waals surface area contributed by atoms with Crippen LogP contribution >= 0.6 is 0 Å². The number of nitrogens with two attached hydrogens (primary N) is 1. The van der Waals surface area contributed by atoms with Crippen LogP contribution in [-0.2, 0) is 9.47 Å². The standard InChI is InChI=1S/C15H30N2O2/c1-18-9-10-19-14-6-4-8-17(12-14)11-13-5-2-3-7-15(13)16/h13-15H,2-12,16H2,1H3/t13?,14-,15?/m1/s1. The molecule has 0 aromatic carbocycles. The van der Waals surface area contributed by atoms with Gasteiger partial charge < -0.3 is 20.1 Å². The van der Waals surface area contributed by atoms with E-state index < -0.39 is 0 Å². The molecule has 0 aromatic heterocycles. The highest BCUT2D eigenvalue weighted by Crippen LogP contribution is 2.25. The van der Waals surface area contributed by atoms with Crippen molar-refractivity contribution in [3.05, 3.63) is 0 Å². The Kier molecular flexibility index (Phi) is 6.57. The third-order valence-corrected chi connectivity index (χ3v) is 4.56. The molecule has 1 saturated heterocycles. The van der Waals surface area contributed by atoms with E-state index in [2.05, 4.69) is 4.90 Å². The Labute approximate surface area is 117 Å². The van der Waals surface area contributed by atoms with Crippen LogP contribution in [0.2, 0.25) is 0 Å². The molecule has 2 rings (SSSR count). The van der Waals surface area contributed by atoms with E-state index in [9.17, 15) is 0 Å². The molecule has 3 atom stereocenters. The number of methoxy groups -OCH3 is 1. The van der Waals surface area contributed by atoms with Crippen LogP contribution in [0.5, 0.6) is 0 Å². The molecule has 0 radical (unpaired) electrons. The van der Waals surface area contributed by atoms with Crippen LogP contribution < -0.4 is 5.73 Å². The molecule has 1 aliphatic carbocycles. The van der Waals surface area contributed by atoms with Gasteiger partial charge in [0, 0.05) is 26.2 Å². The Morgan fingerprint density at radius 2 is 1.95 bits per heavy atom. The zero-order valence-electron chi connectivity index (χ0n) is 12.4. The number of ether oxygens (including phenoxy) is 2. The number of piperidine rings is 1. The highest BCUT2D eigenvalue weighted by Gasteiger charge is 2.27. The average molecular weight is 270 g/mol. The molecular formula is C15H30N2O2. The summed E-state index contributed by atoms with van der Waals surface area (Å²) in [4.78, 5) is 2.57.